The van der Waals surface area contributed by atoms with Gasteiger partial charge >= 0.3 is 0 Å². The summed E-state index contributed by atoms with van der Waals surface area (Å²) in [4.78, 5) is 13.0. The molecule has 5 rings (SSSR count). The first kappa shape index (κ1) is 22.2. The van der Waals surface area contributed by atoms with E-state index in [9.17, 15) is 8.42 Å². The predicted molar refractivity (Wildman–Crippen MR) is 127 cm³/mol. The number of pyridine rings is 2. The molecule has 12 heteroatoms. The minimum absolute atomic E-state index is 0.185. The van der Waals surface area contributed by atoms with Crippen LogP contribution < -0.4 is 19.5 Å². The third-order valence-corrected chi connectivity index (χ3v) is 6.47. The maximum Gasteiger partial charge on any atom is 0.277 e. The number of aryl methyl sites for hydroxylation is 3. The molecule has 1 atom stereocenters. The standard InChI is InChI=1S/C22H24N8O3S/c1-13-6-19(20(11-23-13)33-12-17-10-24-34(31,32)29-17)16-4-5-30-18(8-16)9-22(28-30)27-21-7-14(2)25-15(3)26-21/h4-9,11,17,24,29H,10,12H2,1-3H3,(H,25,26,27,28). The van der Waals surface area contributed by atoms with E-state index in [-0.39, 0.29) is 19.2 Å². The Morgan fingerprint density at radius 1 is 1.12 bits per heavy atom. The number of aromatic nitrogens is 5. The lowest BCUT2D eigenvalue weighted by molar-refractivity contribution is 0.286. The largest absolute Gasteiger partial charge is 0.490 e. The minimum Gasteiger partial charge on any atom is -0.490 e. The zero-order valence-electron chi connectivity index (χ0n) is 18.9. The monoisotopic (exact) mass is 480 g/mol. The second kappa shape index (κ2) is 8.63. The third kappa shape index (κ3) is 4.83. The van der Waals surface area contributed by atoms with Gasteiger partial charge in [0.05, 0.1) is 17.8 Å². The van der Waals surface area contributed by atoms with E-state index in [4.69, 9.17) is 4.74 Å². The topological polar surface area (TPSA) is 135 Å². The van der Waals surface area contributed by atoms with E-state index in [1.807, 2.05) is 57.3 Å². The first-order chi connectivity index (χ1) is 16.2. The van der Waals surface area contributed by atoms with Crippen molar-refractivity contribution in [2.24, 2.45) is 0 Å². The molecular weight excluding hydrogens is 456 g/mol. The number of fused-ring (bicyclic) bond motifs is 1. The fourth-order valence-electron chi connectivity index (χ4n) is 3.82. The summed E-state index contributed by atoms with van der Waals surface area (Å²) in [6, 6.07) is 9.36. The maximum atomic E-state index is 11.5. The molecule has 1 aliphatic heterocycles. The molecule has 1 aliphatic rings. The van der Waals surface area contributed by atoms with Crippen LogP contribution in [0.15, 0.2) is 42.7 Å². The molecule has 0 aromatic carbocycles. The Balaban J connectivity index is 1.41. The number of hydrogen-bond donors (Lipinski definition) is 3. The molecule has 34 heavy (non-hydrogen) atoms. The lowest BCUT2D eigenvalue weighted by atomic mass is 10.1. The van der Waals surface area contributed by atoms with E-state index in [2.05, 4.69) is 34.8 Å². The minimum atomic E-state index is -3.44. The van der Waals surface area contributed by atoms with Gasteiger partial charge in [-0.15, -0.1) is 0 Å². The number of nitrogens with one attached hydrogen (secondary N) is 3. The Bertz CT molecular complexity index is 1460. The fourth-order valence-corrected chi connectivity index (χ4v) is 4.91. The van der Waals surface area contributed by atoms with E-state index in [0.717, 1.165) is 28.0 Å². The molecule has 0 bridgehead atoms. The van der Waals surface area contributed by atoms with Crippen LogP contribution in [0, 0.1) is 20.8 Å². The van der Waals surface area contributed by atoms with Crippen LogP contribution in [-0.2, 0) is 10.2 Å². The van der Waals surface area contributed by atoms with Crippen molar-refractivity contribution >= 4 is 27.4 Å². The quantitative estimate of drug-likeness (QED) is 0.382. The van der Waals surface area contributed by atoms with E-state index in [1.54, 1.807) is 10.7 Å². The van der Waals surface area contributed by atoms with E-state index >= 15 is 0 Å². The van der Waals surface area contributed by atoms with Gasteiger partial charge in [0, 0.05) is 41.8 Å². The van der Waals surface area contributed by atoms with Crippen molar-refractivity contribution in [3.8, 4) is 16.9 Å². The molecule has 0 aliphatic carbocycles. The van der Waals surface area contributed by atoms with Crippen LogP contribution in [-0.4, -0.2) is 52.2 Å². The van der Waals surface area contributed by atoms with Crippen molar-refractivity contribution in [2.75, 3.05) is 18.5 Å². The van der Waals surface area contributed by atoms with E-state index in [0.29, 0.717) is 23.2 Å². The summed E-state index contributed by atoms with van der Waals surface area (Å²) in [5.74, 6) is 2.62. The van der Waals surface area contributed by atoms with Crippen LogP contribution in [0.1, 0.15) is 17.2 Å². The second-order valence-corrected chi connectivity index (χ2v) is 9.71. The third-order valence-electron chi connectivity index (χ3n) is 5.28. The highest BCUT2D eigenvalue weighted by molar-refractivity contribution is 7.87. The molecule has 0 saturated carbocycles. The summed E-state index contributed by atoms with van der Waals surface area (Å²) in [5, 5.41) is 7.81. The molecule has 0 amide bonds. The first-order valence-electron chi connectivity index (χ1n) is 10.7. The Kier molecular flexibility index (Phi) is 5.63. The van der Waals surface area contributed by atoms with Crippen molar-refractivity contribution in [3.63, 3.8) is 0 Å². The van der Waals surface area contributed by atoms with Crippen LogP contribution in [0.3, 0.4) is 0 Å². The number of hydrogen-bond acceptors (Lipinski definition) is 8. The Hall–Kier alpha value is -3.61. The molecule has 11 nitrogen and oxygen atoms in total. The molecule has 5 heterocycles. The van der Waals surface area contributed by atoms with Crippen LogP contribution in [0.5, 0.6) is 5.75 Å². The summed E-state index contributed by atoms with van der Waals surface area (Å²) < 4.78 is 35.8. The number of anilines is 2. The highest BCUT2D eigenvalue weighted by atomic mass is 32.2. The van der Waals surface area contributed by atoms with Gasteiger partial charge in [-0.25, -0.2) is 19.2 Å². The number of nitrogens with zero attached hydrogens (tertiary/aromatic N) is 5. The molecule has 4 aromatic heterocycles. The molecule has 1 fully saturated rings. The highest BCUT2D eigenvalue weighted by Crippen LogP contribution is 2.31. The zero-order chi connectivity index (χ0) is 23.9. The molecular formula is C22H24N8O3S. The van der Waals surface area contributed by atoms with Crippen molar-refractivity contribution < 1.29 is 13.2 Å². The molecule has 1 saturated heterocycles. The average Bonchev–Trinajstić information content (AvgIpc) is 3.33. The van der Waals surface area contributed by atoms with Crippen LogP contribution in [0.4, 0.5) is 11.6 Å². The maximum absolute atomic E-state index is 11.5. The Morgan fingerprint density at radius 2 is 1.97 bits per heavy atom. The normalized spacial score (nSPS) is 17.2. The van der Waals surface area contributed by atoms with Gasteiger partial charge in [0.15, 0.2) is 5.82 Å². The van der Waals surface area contributed by atoms with Gasteiger partial charge in [-0.3, -0.25) is 4.98 Å². The van der Waals surface area contributed by atoms with E-state index < -0.39 is 10.2 Å². The van der Waals surface area contributed by atoms with Gasteiger partial charge in [0.25, 0.3) is 10.2 Å². The molecule has 3 N–H and O–H groups in total. The predicted octanol–water partition coefficient (Wildman–Crippen LogP) is 2.04. The lowest BCUT2D eigenvalue weighted by Gasteiger charge is -2.14. The Morgan fingerprint density at radius 3 is 2.74 bits per heavy atom. The van der Waals surface area contributed by atoms with Crippen LogP contribution >= 0.6 is 0 Å². The van der Waals surface area contributed by atoms with Crippen LogP contribution in [0.25, 0.3) is 16.6 Å². The zero-order valence-corrected chi connectivity index (χ0v) is 19.7. The molecule has 0 radical (unpaired) electrons. The summed E-state index contributed by atoms with van der Waals surface area (Å²) in [5.41, 5.74) is 4.40. The van der Waals surface area contributed by atoms with Gasteiger partial charge in [-0.2, -0.15) is 18.2 Å². The highest BCUT2D eigenvalue weighted by Gasteiger charge is 2.26. The van der Waals surface area contributed by atoms with Crippen molar-refractivity contribution in [2.45, 2.75) is 26.8 Å². The van der Waals surface area contributed by atoms with Gasteiger partial charge < -0.3 is 10.1 Å². The van der Waals surface area contributed by atoms with Gasteiger partial charge in [0.1, 0.15) is 24.0 Å². The number of ether oxygens (including phenoxy) is 1. The van der Waals surface area contributed by atoms with Crippen molar-refractivity contribution in [1.29, 1.82) is 0 Å². The fraction of sp³-hybridized carbons (Fsp3) is 0.273. The molecule has 1 unspecified atom stereocenters. The van der Waals surface area contributed by atoms with Gasteiger partial charge in [-0.05, 0) is 44.5 Å². The smallest absolute Gasteiger partial charge is 0.277 e. The van der Waals surface area contributed by atoms with Crippen molar-refractivity contribution in [1.82, 2.24) is 34.0 Å². The molecule has 0 spiro atoms. The van der Waals surface area contributed by atoms with Gasteiger partial charge in [-0.1, -0.05) is 0 Å². The summed E-state index contributed by atoms with van der Waals surface area (Å²) in [6.07, 6.45) is 3.54. The first-order valence-corrected chi connectivity index (χ1v) is 12.2. The Labute approximate surface area is 196 Å². The van der Waals surface area contributed by atoms with E-state index in [1.165, 1.54) is 0 Å². The SMILES string of the molecule is Cc1cc(-c2ccn3nc(Nc4cc(C)nc(C)n4)cc3c2)c(OCC2CNS(=O)(=O)N2)cn1. The molecule has 4 aromatic rings. The summed E-state index contributed by atoms with van der Waals surface area (Å²) >= 11 is 0. The lowest BCUT2D eigenvalue weighted by Crippen LogP contribution is -2.32. The number of rotatable bonds is 6. The van der Waals surface area contributed by atoms with Crippen LogP contribution in [0.2, 0.25) is 0 Å². The average molecular weight is 481 g/mol. The second-order valence-electron chi connectivity index (χ2n) is 8.18. The van der Waals surface area contributed by atoms with Crippen molar-refractivity contribution in [3.05, 3.63) is 59.9 Å². The summed E-state index contributed by atoms with van der Waals surface area (Å²) in [6.45, 7) is 6.14. The molecule has 176 valence electrons. The van der Waals surface area contributed by atoms with Gasteiger partial charge in [0.2, 0.25) is 0 Å². The summed E-state index contributed by atoms with van der Waals surface area (Å²) in [7, 11) is -3.44.